The molecule has 2 fully saturated rings. The van der Waals surface area contributed by atoms with Crippen molar-refractivity contribution in [3.8, 4) is 0 Å². The molecule has 1 aliphatic carbocycles. The van der Waals surface area contributed by atoms with E-state index in [0.29, 0.717) is 19.4 Å². The first-order valence-electron chi connectivity index (χ1n) is 11.2. The van der Waals surface area contributed by atoms with Gasteiger partial charge in [-0.15, -0.1) is 0 Å². The molecule has 172 valence electrons. The van der Waals surface area contributed by atoms with Crippen molar-refractivity contribution >= 4 is 21.8 Å². The van der Waals surface area contributed by atoms with Crippen molar-refractivity contribution in [1.82, 2.24) is 14.9 Å². The van der Waals surface area contributed by atoms with Gasteiger partial charge in [0.05, 0.1) is 4.90 Å². The van der Waals surface area contributed by atoms with Gasteiger partial charge in [0.15, 0.2) is 0 Å². The molecule has 9 heteroatoms. The first-order valence-corrected chi connectivity index (χ1v) is 12.7. The van der Waals surface area contributed by atoms with Crippen LogP contribution in [0, 0.1) is 5.82 Å². The van der Waals surface area contributed by atoms with Gasteiger partial charge in [0.25, 0.3) is 0 Å². The summed E-state index contributed by atoms with van der Waals surface area (Å²) in [5, 5.41) is 5.45. The van der Waals surface area contributed by atoms with Crippen LogP contribution in [0.1, 0.15) is 64.2 Å². The number of hydrogen-bond donors (Lipinski definition) is 2. The molecule has 1 aromatic rings. The predicted molar refractivity (Wildman–Crippen MR) is 115 cm³/mol. The maximum absolute atomic E-state index is 13.2. The highest BCUT2D eigenvalue weighted by atomic mass is 32.2. The van der Waals surface area contributed by atoms with E-state index in [-0.39, 0.29) is 23.5 Å². The van der Waals surface area contributed by atoms with Crippen LogP contribution in [0.4, 0.5) is 4.39 Å². The minimum atomic E-state index is -3.74. The first-order chi connectivity index (χ1) is 14.9. The van der Waals surface area contributed by atoms with Crippen molar-refractivity contribution in [2.75, 3.05) is 13.1 Å². The number of carbonyl (C=O) groups excluding carboxylic acids is 2. The fourth-order valence-corrected chi connectivity index (χ4v) is 6.15. The summed E-state index contributed by atoms with van der Waals surface area (Å²) >= 11 is 0. The zero-order chi connectivity index (χ0) is 22.3. The van der Waals surface area contributed by atoms with Gasteiger partial charge < -0.3 is 10.6 Å². The molecule has 1 aromatic carbocycles. The fourth-order valence-electron chi connectivity index (χ4n) is 4.43. The summed E-state index contributed by atoms with van der Waals surface area (Å²) in [6.07, 6.45) is 9.01. The smallest absolute Gasteiger partial charge is 0.309 e. The molecule has 1 atom stereocenters. The molecule has 1 saturated heterocycles. The number of carbonyl (C=O) groups is 2. The number of rotatable bonds is 6. The standard InChI is InChI=1S/C22H32FN3O4S/c23-17-10-12-20(13-11-17)31(29,30)26-16-6-5-9-19(26)14-15-24-21(27)22(28)25-18-7-3-1-2-4-8-18/h10-13,18-19H,1-9,14-16H2,(H,24,27)(H,25,28)/t19-/m0/s1. The van der Waals surface area contributed by atoms with E-state index in [0.717, 1.165) is 63.5 Å². The molecule has 2 N–H and O–H groups in total. The molecule has 31 heavy (non-hydrogen) atoms. The van der Waals surface area contributed by atoms with Gasteiger partial charge in [0.2, 0.25) is 10.0 Å². The highest BCUT2D eigenvalue weighted by Crippen LogP contribution is 2.27. The molecule has 0 spiro atoms. The van der Waals surface area contributed by atoms with Crippen LogP contribution in [0.25, 0.3) is 0 Å². The first kappa shape index (κ1) is 23.7. The number of nitrogens with zero attached hydrogens (tertiary/aromatic N) is 1. The molecular weight excluding hydrogens is 421 g/mol. The lowest BCUT2D eigenvalue weighted by atomic mass is 10.0. The Balaban J connectivity index is 1.52. The Labute approximate surface area is 183 Å². The normalized spacial score (nSPS) is 21.3. The maximum Gasteiger partial charge on any atom is 0.309 e. The second kappa shape index (κ2) is 11.0. The molecule has 0 aromatic heterocycles. The van der Waals surface area contributed by atoms with Crippen LogP contribution >= 0.6 is 0 Å². The molecule has 3 rings (SSSR count). The molecule has 2 aliphatic rings. The van der Waals surface area contributed by atoms with E-state index in [1.165, 1.54) is 16.4 Å². The lowest BCUT2D eigenvalue weighted by molar-refractivity contribution is -0.139. The van der Waals surface area contributed by atoms with Crippen molar-refractivity contribution in [1.29, 1.82) is 0 Å². The van der Waals surface area contributed by atoms with Gasteiger partial charge in [-0.3, -0.25) is 9.59 Å². The number of amides is 2. The lowest BCUT2D eigenvalue weighted by Gasteiger charge is -2.34. The highest BCUT2D eigenvalue weighted by molar-refractivity contribution is 7.89. The number of halogens is 1. The quantitative estimate of drug-likeness (QED) is 0.511. The molecular formula is C22H32FN3O4S. The van der Waals surface area contributed by atoms with E-state index in [1.807, 2.05) is 0 Å². The van der Waals surface area contributed by atoms with Crippen LogP contribution < -0.4 is 10.6 Å². The molecule has 1 saturated carbocycles. The van der Waals surface area contributed by atoms with E-state index in [2.05, 4.69) is 10.6 Å². The van der Waals surface area contributed by atoms with Gasteiger partial charge >= 0.3 is 11.8 Å². The molecule has 7 nitrogen and oxygen atoms in total. The Morgan fingerprint density at radius 3 is 2.26 bits per heavy atom. The third kappa shape index (κ3) is 6.49. The van der Waals surface area contributed by atoms with Crippen LogP contribution in [0.2, 0.25) is 0 Å². The Hall–Kier alpha value is -2.00. The molecule has 1 heterocycles. The molecule has 2 amide bonds. The van der Waals surface area contributed by atoms with Gasteiger partial charge in [-0.1, -0.05) is 32.1 Å². The zero-order valence-electron chi connectivity index (χ0n) is 17.8. The van der Waals surface area contributed by atoms with Crippen LogP contribution in [0.5, 0.6) is 0 Å². The fraction of sp³-hybridized carbons (Fsp3) is 0.636. The van der Waals surface area contributed by atoms with Crippen molar-refractivity contribution < 1.29 is 22.4 Å². The third-order valence-electron chi connectivity index (χ3n) is 6.15. The predicted octanol–water partition coefficient (Wildman–Crippen LogP) is 2.71. The van der Waals surface area contributed by atoms with Crippen LogP contribution in [-0.2, 0) is 19.6 Å². The second-order valence-electron chi connectivity index (χ2n) is 8.43. The molecule has 0 bridgehead atoms. The van der Waals surface area contributed by atoms with Crippen LogP contribution in [-0.4, -0.2) is 49.7 Å². The largest absolute Gasteiger partial charge is 0.348 e. The summed E-state index contributed by atoms with van der Waals surface area (Å²) in [6, 6.07) is 4.61. The van der Waals surface area contributed by atoms with Gasteiger partial charge in [-0.05, 0) is 56.4 Å². The summed E-state index contributed by atoms with van der Waals surface area (Å²) in [7, 11) is -3.74. The van der Waals surface area contributed by atoms with Crippen molar-refractivity contribution in [3.63, 3.8) is 0 Å². The third-order valence-corrected chi connectivity index (χ3v) is 8.12. The Kier molecular flexibility index (Phi) is 8.43. The maximum atomic E-state index is 13.2. The number of hydrogen-bond acceptors (Lipinski definition) is 4. The van der Waals surface area contributed by atoms with E-state index in [4.69, 9.17) is 0 Å². The zero-order valence-corrected chi connectivity index (χ0v) is 18.6. The topological polar surface area (TPSA) is 95.6 Å². The molecule has 0 radical (unpaired) electrons. The number of piperidine rings is 1. The Bertz CT molecular complexity index is 852. The minimum absolute atomic E-state index is 0.0513. The summed E-state index contributed by atoms with van der Waals surface area (Å²) in [4.78, 5) is 24.4. The monoisotopic (exact) mass is 453 g/mol. The van der Waals surface area contributed by atoms with E-state index in [1.54, 1.807) is 0 Å². The van der Waals surface area contributed by atoms with E-state index >= 15 is 0 Å². The summed E-state index contributed by atoms with van der Waals surface area (Å²) in [5.74, 6) is -1.78. The van der Waals surface area contributed by atoms with Crippen molar-refractivity contribution in [2.24, 2.45) is 0 Å². The van der Waals surface area contributed by atoms with Gasteiger partial charge in [0, 0.05) is 25.2 Å². The van der Waals surface area contributed by atoms with E-state index in [9.17, 15) is 22.4 Å². The molecule has 0 unspecified atom stereocenters. The summed E-state index contributed by atoms with van der Waals surface area (Å²) in [5.41, 5.74) is 0. The minimum Gasteiger partial charge on any atom is -0.348 e. The van der Waals surface area contributed by atoms with Gasteiger partial charge in [-0.25, -0.2) is 12.8 Å². The Morgan fingerprint density at radius 2 is 1.58 bits per heavy atom. The molecule has 1 aliphatic heterocycles. The second-order valence-corrected chi connectivity index (χ2v) is 10.3. The van der Waals surface area contributed by atoms with E-state index < -0.39 is 27.7 Å². The highest BCUT2D eigenvalue weighted by Gasteiger charge is 2.33. The van der Waals surface area contributed by atoms with Gasteiger partial charge in [0.1, 0.15) is 5.82 Å². The number of benzene rings is 1. The average molecular weight is 454 g/mol. The van der Waals surface area contributed by atoms with Gasteiger partial charge in [-0.2, -0.15) is 4.31 Å². The summed E-state index contributed by atoms with van der Waals surface area (Å²) in [6.45, 7) is 0.609. The van der Waals surface area contributed by atoms with Crippen LogP contribution in [0.3, 0.4) is 0 Å². The SMILES string of the molecule is O=C(NCC[C@@H]1CCCCN1S(=O)(=O)c1ccc(F)cc1)C(=O)NC1CCCCCC1. The van der Waals surface area contributed by atoms with Crippen molar-refractivity contribution in [3.05, 3.63) is 30.1 Å². The average Bonchev–Trinajstić information content (AvgIpc) is 3.03. The van der Waals surface area contributed by atoms with Crippen molar-refractivity contribution in [2.45, 2.75) is 81.2 Å². The van der Waals surface area contributed by atoms with Crippen LogP contribution in [0.15, 0.2) is 29.2 Å². The summed E-state index contributed by atoms with van der Waals surface area (Å²) < 4.78 is 40.7. The number of sulfonamides is 1. The number of nitrogens with one attached hydrogen (secondary N) is 2. The Morgan fingerprint density at radius 1 is 0.935 bits per heavy atom. The lowest BCUT2D eigenvalue weighted by Crippen LogP contribution is -2.47.